The zero-order valence-electron chi connectivity index (χ0n) is 11.4. The number of aromatic hydroxyl groups is 1. The van der Waals surface area contributed by atoms with Crippen molar-refractivity contribution in [3.8, 4) is 5.75 Å². The van der Waals surface area contributed by atoms with Crippen LogP contribution >= 0.6 is 15.9 Å². The highest BCUT2D eigenvalue weighted by atomic mass is 79.9. The first-order valence-corrected chi connectivity index (χ1v) is 8.09. The van der Waals surface area contributed by atoms with Crippen molar-refractivity contribution >= 4 is 15.9 Å². The summed E-state index contributed by atoms with van der Waals surface area (Å²) in [5.41, 5.74) is 0.739. The molecule has 0 bridgehead atoms. The number of phenolic OH excluding ortho intramolecular Hbond substituents is 1. The van der Waals surface area contributed by atoms with E-state index in [0.717, 1.165) is 31.7 Å². The van der Waals surface area contributed by atoms with Gasteiger partial charge in [-0.3, -0.25) is 4.90 Å². The van der Waals surface area contributed by atoms with Crippen LogP contribution in [0, 0.1) is 11.7 Å². The summed E-state index contributed by atoms with van der Waals surface area (Å²) >= 11 is 3.26. The van der Waals surface area contributed by atoms with Crippen LogP contribution in [0.25, 0.3) is 0 Å². The molecule has 3 rings (SSSR count). The summed E-state index contributed by atoms with van der Waals surface area (Å²) in [6.45, 7) is 3.82. The van der Waals surface area contributed by atoms with Crippen LogP contribution in [0.2, 0.25) is 0 Å². The molecule has 2 N–H and O–H groups in total. The molecule has 110 valence electrons. The Morgan fingerprint density at radius 3 is 2.60 bits per heavy atom. The predicted molar refractivity (Wildman–Crippen MR) is 80.3 cm³/mol. The lowest BCUT2D eigenvalue weighted by Crippen LogP contribution is -2.47. The number of hydrogen-bond acceptors (Lipinski definition) is 3. The Labute approximate surface area is 127 Å². The van der Waals surface area contributed by atoms with E-state index in [0.29, 0.717) is 10.4 Å². The lowest BCUT2D eigenvalue weighted by Gasteiger charge is -2.43. The summed E-state index contributed by atoms with van der Waals surface area (Å²) in [5, 5.41) is 13.7. The number of halogens is 2. The molecule has 1 aromatic carbocycles. The van der Waals surface area contributed by atoms with E-state index in [1.807, 2.05) is 0 Å². The number of rotatable bonds is 3. The molecule has 3 nitrogen and oxygen atoms in total. The van der Waals surface area contributed by atoms with Crippen LogP contribution in [0.4, 0.5) is 4.39 Å². The molecule has 1 saturated carbocycles. The van der Waals surface area contributed by atoms with Gasteiger partial charge in [0.15, 0.2) is 0 Å². The van der Waals surface area contributed by atoms with Crippen molar-refractivity contribution in [3.05, 3.63) is 28.0 Å². The summed E-state index contributed by atoms with van der Waals surface area (Å²) in [7, 11) is 0. The average Bonchev–Trinajstić information content (AvgIpc) is 2.39. The predicted octanol–water partition coefficient (Wildman–Crippen LogP) is 3.04. The van der Waals surface area contributed by atoms with Gasteiger partial charge in [-0.25, -0.2) is 4.39 Å². The quantitative estimate of drug-likeness (QED) is 0.886. The monoisotopic (exact) mass is 342 g/mol. The molecule has 1 aliphatic heterocycles. The molecule has 0 spiro atoms. The zero-order valence-corrected chi connectivity index (χ0v) is 13.0. The van der Waals surface area contributed by atoms with Gasteiger partial charge in [0, 0.05) is 37.8 Å². The van der Waals surface area contributed by atoms with E-state index >= 15 is 0 Å². The summed E-state index contributed by atoms with van der Waals surface area (Å²) in [4.78, 5) is 2.39. The van der Waals surface area contributed by atoms with E-state index < -0.39 is 0 Å². The second-order valence-corrected chi connectivity index (χ2v) is 6.60. The minimum absolute atomic E-state index is 0.137. The number of benzene rings is 1. The lowest BCUT2D eigenvalue weighted by molar-refractivity contribution is 0.0816. The van der Waals surface area contributed by atoms with Crippen molar-refractivity contribution in [3.63, 3.8) is 0 Å². The third kappa shape index (κ3) is 2.71. The molecule has 1 heterocycles. The Balaban J connectivity index is 1.96. The van der Waals surface area contributed by atoms with Crippen LogP contribution in [0.3, 0.4) is 0 Å². The molecule has 2 aliphatic rings. The Morgan fingerprint density at radius 2 is 2.00 bits per heavy atom. The molecular weight excluding hydrogens is 323 g/mol. The highest BCUT2D eigenvalue weighted by molar-refractivity contribution is 9.10. The molecule has 5 heteroatoms. The highest BCUT2D eigenvalue weighted by Crippen LogP contribution is 2.45. The molecule has 20 heavy (non-hydrogen) atoms. The van der Waals surface area contributed by atoms with Crippen LogP contribution < -0.4 is 5.32 Å². The van der Waals surface area contributed by atoms with Gasteiger partial charge >= 0.3 is 0 Å². The highest BCUT2D eigenvalue weighted by Gasteiger charge is 2.35. The van der Waals surface area contributed by atoms with Crippen LogP contribution in [0.5, 0.6) is 5.75 Å². The van der Waals surface area contributed by atoms with E-state index in [9.17, 15) is 9.50 Å². The maximum absolute atomic E-state index is 13.7. The van der Waals surface area contributed by atoms with Gasteiger partial charge in [0.2, 0.25) is 0 Å². The number of hydrogen-bond donors (Lipinski definition) is 2. The van der Waals surface area contributed by atoms with Crippen molar-refractivity contribution in [1.82, 2.24) is 10.2 Å². The third-order valence-electron chi connectivity index (χ3n) is 4.52. The van der Waals surface area contributed by atoms with E-state index in [4.69, 9.17) is 0 Å². The molecule has 0 aromatic heterocycles. The minimum atomic E-state index is -0.288. The van der Waals surface area contributed by atoms with E-state index in [-0.39, 0.29) is 17.6 Å². The smallest absolute Gasteiger partial charge is 0.134 e. The first-order chi connectivity index (χ1) is 9.66. The molecule has 0 unspecified atom stereocenters. The summed E-state index contributed by atoms with van der Waals surface area (Å²) in [5.74, 6) is 0.443. The number of phenols is 1. The van der Waals surface area contributed by atoms with Gasteiger partial charge in [0.1, 0.15) is 11.6 Å². The summed E-state index contributed by atoms with van der Waals surface area (Å²) in [6.07, 6.45) is 3.58. The van der Waals surface area contributed by atoms with Crippen molar-refractivity contribution in [2.24, 2.45) is 5.92 Å². The average molecular weight is 343 g/mol. The molecule has 0 radical (unpaired) electrons. The molecule has 0 amide bonds. The largest absolute Gasteiger partial charge is 0.506 e. The maximum Gasteiger partial charge on any atom is 0.134 e. The first kappa shape index (κ1) is 14.3. The zero-order chi connectivity index (χ0) is 14.1. The van der Waals surface area contributed by atoms with Crippen molar-refractivity contribution in [1.29, 1.82) is 0 Å². The van der Waals surface area contributed by atoms with Crippen LogP contribution in [-0.2, 0) is 0 Å². The topological polar surface area (TPSA) is 35.5 Å². The lowest BCUT2D eigenvalue weighted by atomic mass is 9.76. The van der Waals surface area contributed by atoms with E-state index in [1.54, 1.807) is 0 Å². The SMILES string of the molecule is Oc1c(Br)cc(F)cc1[C@H](C1CCC1)N1CCNCC1. The van der Waals surface area contributed by atoms with Gasteiger partial charge in [-0.05, 0) is 46.8 Å². The number of nitrogens with one attached hydrogen (secondary N) is 1. The molecule has 1 atom stereocenters. The van der Waals surface area contributed by atoms with E-state index in [1.165, 1.54) is 31.4 Å². The Morgan fingerprint density at radius 1 is 1.30 bits per heavy atom. The first-order valence-electron chi connectivity index (χ1n) is 7.29. The normalized spacial score (nSPS) is 22.5. The van der Waals surface area contributed by atoms with Gasteiger partial charge in [0.05, 0.1) is 4.47 Å². The maximum atomic E-state index is 13.7. The van der Waals surface area contributed by atoms with E-state index in [2.05, 4.69) is 26.1 Å². The molecule has 1 aliphatic carbocycles. The number of piperazine rings is 1. The fourth-order valence-electron chi connectivity index (χ4n) is 3.28. The van der Waals surface area contributed by atoms with Gasteiger partial charge < -0.3 is 10.4 Å². The third-order valence-corrected chi connectivity index (χ3v) is 5.12. The van der Waals surface area contributed by atoms with Crippen molar-refractivity contribution in [2.75, 3.05) is 26.2 Å². The number of nitrogens with zero attached hydrogens (tertiary/aromatic N) is 1. The van der Waals surface area contributed by atoms with Crippen LogP contribution in [-0.4, -0.2) is 36.2 Å². The summed E-state index contributed by atoms with van der Waals surface area (Å²) < 4.78 is 14.2. The molecule has 1 saturated heterocycles. The van der Waals surface area contributed by atoms with Gasteiger partial charge in [-0.2, -0.15) is 0 Å². The second-order valence-electron chi connectivity index (χ2n) is 5.75. The van der Waals surface area contributed by atoms with Crippen molar-refractivity contribution < 1.29 is 9.50 Å². The fraction of sp³-hybridized carbons (Fsp3) is 0.600. The van der Waals surface area contributed by atoms with Gasteiger partial charge in [-0.1, -0.05) is 6.42 Å². The molecule has 1 aromatic rings. The van der Waals surface area contributed by atoms with Gasteiger partial charge in [-0.15, -0.1) is 0 Å². The fourth-order valence-corrected chi connectivity index (χ4v) is 3.72. The molecule has 2 fully saturated rings. The Bertz CT molecular complexity index is 487. The standard InChI is InChI=1S/C15H20BrFN2O/c16-13-9-11(17)8-12(15(13)20)14(10-2-1-3-10)19-6-4-18-5-7-19/h8-10,14,18,20H,1-7H2/t14-/m0/s1. The molecular formula is C15H20BrFN2O. The van der Waals surface area contributed by atoms with Crippen LogP contribution in [0.15, 0.2) is 16.6 Å². The summed E-state index contributed by atoms with van der Waals surface area (Å²) in [6, 6.07) is 2.97. The van der Waals surface area contributed by atoms with Crippen LogP contribution in [0.1, 0.15) is 30.9 Å². The Kier molecular flexibility index (Phi) is 4.29. The van der Waals surface area contributed by atoms with Gasteiger partial charge in [0.25, 0.3) is 0 Å². The minimum Gasteiger partial charge on any atom is -0.506 e. The van der Waals surface area contributed by atoms with Crippen molar-refractivity contribution in [2.45, 2.75) is 25.3 Å². The second kappa shape index (κ2) is 6.00. The Hall–Kier alpha value is -0.650.